The third kappa shape index (κ3) is 7.58. The molecule has 26 heavy (non-hydrogen) atoms. The molecule has 1 saturated carbocycles. The average Bonchev–Trinajstić information content (AvgIpc) is 2.65. The number of rotatable bonds is 6. The van der Waals surface area contributed by atoms with Gasteiger partial charge in [-0.15, -0.1) is 24.0 Å². The predicted molar refractivity (Wildman–Crippen MR) is 119 cm³/mol. The van der Waals surface area contributed by atoms with Crippen molar-refractivity contribution < 1.29 is 4.79 Å². The number of amides is 1. The molecule has 2 fully saturated rings. The maximum absolute atomic E-state index is 11.9. The summed E-state index contributed by atoms with van der Waals surface area (Å²) < 4.78 is 0. The fourth-order valence-electron chi connectivity index (χ4n) is 3.67. The van der Waals surface area contributed by atoms with Gasteiger partial charge in [0.15, 0.2) is 5.96 Å². The van der Waals surface area contributed by atoms with Crippen LogP contribution >= 0.6 is 24.0 Å². The highest BCUT2D eigenvalue weighted by Crippen LogP contribution is 2.23. The zero-order valence-corrected chi connectivity index (χ0v) is 19.2. The van der Waals surface area contributed by atoms with E-state index in [1.54, 1.807) is 19.0 Å². The van der Waals surface area contributed by atoms with Crippen molar-refractivity contribution in [3.63, 3.8) is 0 Å². The van der Waals surface area contributed by atoms with Crippen molar-refractivity contribution >= 4 is 35.8 Å². The summed E-state index contributed by atoms with van der Waals surface area (Å²) in [6.07, 6.45) is 9.22. The summed E-state index contributed by atoms with van der Waals surface area (Å²) in [5, 5.41) is 3.47. The van der Waals surface area contributed by atoms with Crippen LogP contribution in [0.15, 0.2) is 4.99 Å². The van der Waals surface area contributed by atoms with E-state index in [1.807, 2.05) is 0 Å². The number of guanidine groups is 1. The topological polar surface area (TPSA) is 51.2 Å². The van der Waals surface area contributed by atoms with E-state index in [0.29, 0.717) is 0 Å². The van der Waals surface area contributed by atoms with Crippen molar-refractivity contribution in [1.29, 1.82) is 0 Å². The van der Waals surface area contributed by atoms with Crippen molar-refractivity contribution in [2.45, 2.75) is 57.9 Å². The molecule has 0 unspecified atom stereocenters. The Hall–Kier alpha value is -0.570. The third-order valence-electron chi connectivity index (χ3n) is 5.38. The van der Waals surface area contributed by atoms with Crippen LogP contribution in [0.4, 0.5) is 0 Å². The first-order valence-corrected chi connectivity index (χ1v) is 10.1. The molecule has 1 heterocycles. The van der Waals surface area contributed by atoms with Gasteiger partial charge in [0.2, 0.25) is 5.91 Å². The molecular formula is C19H38IN5O. The summed E-state index contributed by atoms with van der Waals surface area (Å²) >= 11 is 0. The van der Waals surface area contributed by atoms with Crippen LogP contribution in [0.5, 0.6) is 0 Å². The minimum Gasteiger partial charge on any atom is -0.356 e. The van der Waals surface area contributed by atoms with Gasteiger partial charge < -0.3 is 15.1 Å². The number of likely N-dealkylation sites (N-methyl/N-ethyl adjacent to an activating group) is 1. The van der Waals surface area contributed by atoms with E-state index in [4.69, 9.17) is 0 Å². The molecule has 0 spiro atoms. The van der Waals surface area contributed by atoms with Crippen LogP contribution < -0.4 is 5.32 Å². The fraction of sp³-hybridized carbons (Fsp3) is 0.895. The molecule has 152 valence electrons. The fourth-order valence-corrected chi connectivity index (χ4v) is 3.67. The molecule has 7 heteroatoms. The van der Waals surface area contributed by atoms with Gasteiger partial charge in [-0.2, -0.15) is 0 Å². The van der Waals surface area contributed by atoms with Gasteiger partial charge in [-0.25, -0.2) is 4.99 Å². The number of nitrogens with one attached hydrogen (secondary N) is 1. The number of carbonyl (C=O) groups is 1. The third-order valence-corrected chi connectivity index (χ3v) is 5.38. The van der Waals surface area contributed by atoms with E-state index < -0.39 is 0 Å². The normalized spacial score (nSPS) is 19.8. The van der Waals surface area contributed by atoms with Gasteiger partial charge in [0.1, 0.15) is 6.54 Å². The average molecular weight is 479 g/mol. The molecule has 1 aliphatic heterocycles. The van der Waals surface area contributed by atoms with Crippen molar-refractivity contribution in [3.8, 4) is 0 Å². The Morgan fingerprint density at radius 1 is 1.12 bits per heavy atom. The van der Waals surface area contributed by atoms with E-state index >= 15 is 0 Å². The molecule has 2 rings (SSSR count). The van der Waals surface area contributed by atoms with E-state index in [2.05, 4.69) is 27.0 Å². The van der Waals surface area contributed by atoms with Gasteiger partial charge in [0, 0.05) is 52.9 Å². The summed E-state index contributed by atoms with van der Waals surface area (Å²) in [5.41, 5.74) is 0. The minimum absolute atomic E-state index is 0. The molecule has 1 amide bonds. The maximum atomic E-state index is 11.9. The molecule has 1 N–H and O–H groups in total. The van der Waals surface area contributed by atoms with Crippen LogP contribution in [0.1, 0.15) is 51.9 Å². The van der Waals surface area contributed by atoms with Crippen LogP contribution in [0.3, 0.4) is 0 Å². The summed E-state index contributed by atoms with van der Waals surface area (Å²) in [6, 6.07) is 0.791. The molecule has 2 aliphatic rings. The molecular weight excluding hydrogens is 441 g/mol. The predicted octanol–water partition coefficient (Wildman–Crippen LogP) is 2.39. The quantitative estimate of drug-likeness (QED) is 0.275. The molecule has 1 saturated heterocycles. The standard InChI is InChI=1S/C19H37N5O.HI/c1-4-5-11-20-19(21-16-18(25)22(2)3)24-14-12-23(13-15-24)17-9-7-6-8-10-17;/h17H,4-16H2,1-3H3,(H,20,21);1H. The van der Waals surface area contributed by atoms with Crippen LogP contribution in [-0.2, 0) is 4.79 Å². The van der Waals surface area contributed by atoms with Crippen LogP contribution in [0, 0.1) is 0 Å². The summed E-state index contributed by atoms with van der Waals surface area (Å²) in [7, 11) is 3.57. The largest absolute Gasteiger partial charge is 0.356 e. The zero-order chi connectivity index (χ0) is 18.1. The number of halogens is 1. The van der Waals surface area contributed by atoms with Crippen molar-refractivity contribution in [2.24, 2.45) is 4.99 Å². The lowest BCUT2D eigenvalue weighted by atomic mass is 9.94. The van der Waals surface area contributed by atoms with Crippen molar-refractivity contribution in [2.75, 3.05) is 53.4 Å². The smallest absolute Gasteiger partial charge is 0.243 e. The number of nitrogens with zero attached hydrogens (tertiary/aromatic N) is 4. The molecule has 0 aromatic heterocycles. The van der Waals surface area contributed by atoms with E-state index in [-0.39, 0.29) is 36.4 Å². The number of hydrogen-bond donors (Lipinski definition) is 1. The summed E-state index contributed by atoms with van der Waals surface area (Å²) in [6.45, 7) is 7.58. The highest BCUT2D eigenvalue weighted by molar-refractivity contribution is 14.0. The molecule has 1 aliphatic carbocycles. The molecule has 0 aromatic rings. The Morgan fingerprint density at radius 3 is 2.35 bits per heavy atom. The Bertz CT molecular complexity index is 430. The Kier molecular flexibility index (Phi) is 11.5. The highest BCUT2D eigenvalue weighted by Gasteiger charge is 2.26. The van der Waals surface area contributed by atoms with Crippen LogP contribution in [0.25, 0.3) is 0 Å². The molecule has 6 nitrogen and oxygen atoms in total. The molecule has 0 atom stereocenters. The number of aliphatic imine (C=N–C) groups is 1. The second kappa shape index (κ2) is 12.8. The molecule has 0 radical (unpaired) electrons. The van der Waals surface area contributed by atoms with E-state index in [1.165, 1.54) is 32.1 Å². The second-order valence-corrected chi connectivity index (χ2v) is 7.52. The number of unbranched alkanes of at least 4 members (excludes halogenated alkanes) is 1. The van der Waals surface area contributed by atoms with Gasteiger partial charge in [0.25, 0.3) is 0 Å². The second-order valence-electron chi connectivity index (χ2n) is 7.52. The monoisotopic (exact) mass is 479 g/mol. The maximum Gasteiger partial charge on any atom is 0.243 e. The van der Waals surface area contributed by atoms with E-state index in [0.717, 1.165) is 57.6 Å². The summed E-state index contributed by atoms with van der Waals surface area (Å²) in [5.74, 6) is 0.961. The van der Waals surface area contributed by atoms with Crippen molar-refractivity contribution in [3.05, 3.63) is 0 Å². The minimum atomic E-state index is 0. The number of hydrogen-bond acceptors (Lipinski definition) is 3. The molecule has 0 aromatic carbocycles. The lowest BCUT2D eigenvalue weighted by Crippen LogP contribution is -2.55. The first-order chi connectivity index (χ1) is 12.1. The van der Waals surface area contributed by atoms with Gasteiger partial charge >= 0.3 is 0 Å². The Balaban J connectivity index is 0.00000338. The molecule has 0 bridgehead atoms. The van der Waals surface area contributed by atoms with Gasteiger partial charge in [-0.05, 0) is 19.3 Å². The zero-order valence-electron chi connectivity index (χ0n) is 16.9. The lowest BCUT2D eigenvalue weighted by molar-refractivity contribution is -0.127. The lowest BCUT2D eigenvalue weighted by Gasteiger charge is -2.41. The van der Waals surface area contributed by atoms with E-state index in [9.17, 15) is 4.79 Å². The Morgan fingerprint density at radius 2 is 1.77 bits per heavy atom. The van der Waals surface area contributed by atoms with Crippen LogP contribution in [0.2, 0.25) is 0 Å². The van der Waals surface area contributed by atoms with Crippen molar-refractivity contribution in [1.82, 2.24) is 20.0 Å². The van der Waals surface area contributed by atoms with Gasteiger partial charge in [0.05, 0.1) is 0 Å². The summed E-state index contributed by atoms with van der Waals surface area (Å²) in [4.78, 5) is 23.1. The first-order valence-electron chi connectivity index (χ1n) is 10.1. The highest BCUT2D eigenvalue weighted by atomic mass is 127. The SMILES string of the molecule is CCCCNC(=NCC(=O)N(C)C)N1CCN(C2CCCCC2)CC1.I. The number of piperazine rings is 1. The Labute approximate surface area is 176 Å². The first kappa shape index (κ1) is 23.5. The van der Waals surface area contributed by atoms with Gasteiger partial charge in [-0.3, -0.25) is 9.69 Å². The number of carbonyl (C=O) groups excluding carboxylic acids is 1. The van der Waals surface area contributed by atoms with Gasteiger partial charge in [-0.1, -0.05) is 32.6 Å². The van der Waals surface area contributed by atoms with Crippen LogP contribution in [-0.4, -0.2) is 86.0 Å².